The highest BCUT2D eigenvalue weighted by molar-refractivity contribution is 7.91. The standard InChI is InChI=1S/C22H24N2O5S2/c1-15-6-9-17(10-7-15)31(27,28)12-4-5-20(25)23-22-24(14-21(26)29-3)18-11-8-16(2)13-19(18)30-22/h6-11,13H,4-5,12,14H2,1-3H3. The van der Waals surface area contributed by atoms with Crippen LogP contribution >= 0.6 is 11.3 Å². The van der Waals surface area contributed by atoms with Crippen molar-refractivity contribution in [2.24, 2.45) is 4.99 Å². The first kappa shape index (κ1) is 22.9. The molecule has 1 aromatic heterocycles. The maximum atomic E-state index is 12.4. The van der Waals surface area contributed by atoms with Gasteiger partial charge in [-0.05, 0) is 50.1 Å². The highest BCUT2D eigenvalue weighted by atomic mass is 32.2. The van der Waals surface area contributed by atoms with Crippen molar-refractivity contribution in [3.63, 3.8) is 0 Å². The van der Waals surface area contributed by atoms with Crippen LogP contribution in [0.3, 0.4) is 0 Å². The van der Waals surface area contributed by atoms with Gasteiger partial charge in [0, 0.05) is 6.42 Å². The number of aryl methyl sites for hydroxylation is 2. The van der Waals surface area contributed by atoms with E-state index in [0.29, 0.717) is 4.80 Å². The molecule has 3 rings (SSSR count). The summed E-state index contributed by atoms with van der Waals surface area (Å²) in [6.45, 7) is 3.78. The second kappa shape index (κ2) is 9.57. The summed E-state index contributed by atoms with van der Waals surface area (Å²) in [5.74, 6) is -1.01. The van der Waals surface area contributed by atoms with Crippen LogP contribution < -0.4 is 4.80 Å². The van der Waals surface area contributed by atoms with E-state index in [4.69, 9.17) is 4.74 Å². The Hall–Kier alpha value is -2.78. The molecule has 0 unspecified atom stereocenters. The minimum atomic E-state index is -3.46. The van der Waals surface area contributed by atoms with Gasteiger partial charge in [0.25, 0.3) is 0 Å². The number of ether oxygens (including phenoxy) is 1. The molecule has 0 bridgehead atoms. The van der Waals surface area contributed by atoms with E-state index in [2.05, 4.69) is 4.99 Å². The molecule has 164 valence electrons. The van der Waals surface area contributed by atoms with Crippen molar-refractivity contribution in [3.8, 4) is 0 Å². The van der Waals surface area contributed by atoms with E-state index in [0.717, 1.165) is 21.3 Å². The molecule has 2 aromatic carbocycles. The Morgan fingerprint density at radius 1 is 1.06 bits per heavy atom. The number of carbonyl (C=O) groups excluding carboxylic acids is 2. The summed E-state index contributed by atoms with van der Waals surface area (Å²) in [7, 11) is -2.15. The molecule has 0 aliphatic heterocycles. The summed E-state index contributed by atoms with van der Waals surface area (Å²) in [6.07, 6.45) is 0.163. The van der Waals surface area contributed by atoms with Gasteiger partial charge in [0.1, 0.15) is 6.54 Å². The van der Waals surface area contributed by atoms with E-state index < -0.39 is 21.7 Å². The molecule has 1 amide bonds. The first-order valence-electron chi connectivity index (χ1n) is 9.73. The lowest BCUT2D eigenvalue weighted by Crippen LogP contribution is -2.22. The number of sulfone groups is 1. The first-order chi connectivity index (χ1) is 14.7. The maximum absolute atomic E-state index is 12.4. The number of nitrogens with zero attached hydrogens (tertiary/aromatic N) is 2. The molecule has 0 aliphatic carbocycles. The number of carbonyl (C=O) groups is 2. The number of benzene rings is 2. The van der Waals surface area contributed by atoms with E-state index in [9.17, 15) is 18.0 Å². The zero-order chi connectivity index (χ0) is 22.6. The predicted molar refractivity (Wildman–Crippen MR) is 120 cm³/mol. The van der Waals surface area contributed by atoms with E-state index in [-0.39, 0.29) is 30.0 Å². The lowest BCUT2D eigenvalue weighted by molar-refractivity contribution is -0.141. The third kappa shape index (κ3) is 5.68. The Kier molecular flexibility index (Phi) is 7.07. The lowest BCUT2D eigenvalue weighted by Gasteiger charge is -2.04. The van der Waals surface area contributed by atoms with Crippen LogP contribution in [0, 0.1) is 13.8 Å². The molecule has 1 heterocycles. The van der Waals surface area contributed by atoms with Crippen molar-refractivity contribution in [2.45, 2.75) is 38.1 Å². The SMILES string of the molecule is COC(=O)Cn1c(=NC(=O)CCCS(=O)(=O)c2ccc(C)cc2)sc2cc(C)ccc21. The summed E-state index contributed by atoms with van der Waals surface area (Å²) in [5, 5.41) is 0. The number of hydrogen-bond donors (Lipinski definition) is 0. The zero-order valence-corrected chi connectivity index (χ0v) is 19.3. The fourth-order valence-electron chi connectivity index (χ4n) is 3.05. The third-order valence-electron chi connectivity index (χ3n) is 4.76. The van der Waals surface area contributed by atoms with Gasteiger partial charge in [-0.15, -0.1) is 0 Å². The predicted octanol–water partition coefficient (Wildman–Crippen LogP) is 3.17. The topological polar surface area (TPSA) is 94.8 Å². The number of thiazole rings is 1. The van der Waals surface area contributed by atoms with Crippen LogP contribution in [-0.2, 0) is 30.7 Å². The number of fused-ring (bicyclic) bond motifs is 1. The van der Waals surface area contributed by atoms with E-state index in [1.54, 1.807) is 28.8 Å². The molecule has 7 nitrogen and oxygen atoms in total. The Balaban J connectivity index is 1.78. The zero-order valence-electron chi connectivity index (χ0n) is 17.6. The number of amides is 1. The summed E-state index contributed by atoms with van der Waals surface area (Å²) in [5.41, 5.74) is 2.82. The maximum Gasteiger partial charge on any atom is 0.325 e. The number of esters is 1. The molecule has 0 fully saturated rings. The summed E-state index contributed by atoms with van der Waals surface area (Å²) < 4.78 is 32.2. The summed E-state index contributed by atoms with van der Waals surface area (Å²) >= 11 is 1.31. The smallest absolute Gasteiger partial charge is 0.325 e. The van der Waals surface area contributed by atoms with Crippen molar-refractivity contribution < 1.29 is 22.7 Å². The van der Waals surface area contributed by atoms with Crippen LogP contribution in [0.5, 0.6) is 0 Å². The van der Waals surface area contributed by atoms with Crippen LogP contribution in [0.1, 0.15) is 24.0 Å². The van der Waals surface area contributed by atoms with Crippen molar-refractivity contribution in [2.75, 3.05) is 12.9 Å². The van der Waals surface area contributed by atoms with Gasteiger partial charge < -0.3 is 9.30 Å². The molecule has 3 aromatic rings. The fraction of sp³-hybridized carbons (Fsp3) is 0.318. The van der Waals surface area contributed by atoms with Gasteiger partial charge in [-0.1, -0.05) is 35.1 Å². The van der Waals surface area contributed by atoms with Crippen molar-refractivity contribution >= 4 is 43.3 Å². The molecule has 0 aliphatic rings. The van der Waals surface area contributed by atoms with Gasteiger partial charge in [0.05, 0.1) is 28.0 Å². The van der Waals surface area contributed by atoms with Gasteiger partial charge in [-0.3, -0.25) is 9.59 Å². The highest BCUT2D eigenvalue weighted by Gasteiger charge is 2.16. The minimum absolute atomic E-state index is 0.00338. The van der Waals surface area contributed by atoms with Crippen molar-refractivity contribution in [3.05, 3.63) is 58.4 Å². The van der Waals surface area contributed by atoms with Crippen LogP contribution in [0.25, 0.3) is 10.2 Å². The van der Waals surface area contributed by atoms with E-state index >= 15 is 0 Å². The Morgan fingerprint density at radius 3 is 2.42 bits per heavy atom. The molecular weight excluding hydrogens is 436 g/mol. The molecule has 9 heteroatoms. The van der Waals surface area contributed by atoms with E-state index in [1.807, 2.05) is 32.0 Å². The largest absolute Gasteiger partial charge is 0.468 e. The lowest BCUT2D eigenvalue weighted by atomic mass is 10.2. The molecule has 0 radical (unpaired) electrons. The normalized spacial score (nSPS) is 12.3. The summed E-state index contributed by atoms with van der Waals surface area (Å²) in [6, 6.07) is 12.4. The number of hydrogen-bond acceptors (Lipinski definition) is 6. The molecule has 0 N–H and O–H groups in total. The molecule has 0 atom stereocenters. The minimum Gasteiger partial charge on any atom is -0.468 e. The molecule has 0 spiro atoms. The summed E-state index contributed by atoms with van der Waals surface area (Å²) in [4.78, 5) is 29.1. The van der Waals surface area contributed by atoms with Gasteiger partial charge >= 0.3 is 5.97 Å². The average Bonchev–Trinajstić information content (AvgIpc) is 3.03. The molecule has 0 saturated carbocycles. The molecule has 0 saturated heterocycles. The second-order valence-electron chi connectivity index (χ2n) is 7.26. The number of rotatable bonds is 7. The fourth-order valence-corrected chi connectivity index (χ4v) is 5.51. The highest BCUT2D eigenvalue weighted by Crippen LogP contribution is 2.19. The quantitative estimate of drug-likeness (QED) is 0.505. The van der Waals surface area contributed by atoms with E-state index in [1.165, 1.54) is 18.4 Å². The van der Waals surface area contributed by atoms with Crippen LogP contribution in [0.15, 0.2) is 52.4 Å². The van der Waals surface area contributed by atoms with Gasteiger partial charge in [0.2, 0.25) is 5.91 Å². The molecular formula is C22H24N2O5S2. The van der Waals surface area contributed by atoms with Crippen LogP contribution in [0.2, 0.25) is 0 Å². The van der Waals surface area contributed by atoms with Crippen LogP contribution in [0.4, 0.5) is 0 Å². The van der Waals surface area contributed by atoms with Gasteiger partial charge in [0.15, 0.2) is 14.6 Å². The Labute approximate surface area is 184 Å². The van der Waals surface area contributed by atoms with Gasteiger partial charge in [-0.2, -0.15) is 4.99 Å². The Morgan fingerprint density at radius 2 is 1.74 bits per heavy atom. The van der Waals surface area contributed by atoms with Crippen LogP contribution in [-0.4, -0.2) is 37.7 Å². The first-order valence-corrected chi connectivity index (χ1v) is 12.2. The Bertz CT molecular complexity index is 1290. The van der Waals surface area contributed by atoms with Crippen molar-refractivity contribution in [1.29, 1.82) is 0 Å². The third-order valence-corrected chi connectivity index (χ3v) is 7.61. The monoisotopic (exact) mass is 460 g/mol. The molecule has 31 heavy (non-hydrogen) atoms. The number of aromatic nitrogens is 1. The van der Waals surface area contributed by atoms with Gasteiger partial charge in [-0.25, -0.2) is 8.42 Å². The second-order valence-corrected chi connectivity index (χ2v) is 10.4. The van der Waals surface area contributed by atoms with Crippen molar-refractivity contribution in [1.82, 2.24) is 4.57 Å². The average molecular weight is 461 g/mol. The number of methoxy groups -OCH3 is 1.